The number of imide groups is 2. The van der Waals surface area contributed by atoms with Crippen molar-refractivity contribution in [3.05, 3.63) is 68.7 Å². The fourth-order valence-electron chi connectivity index (χ4n) is 2.36. The van der Waals surface area contributed by atoms with Crippen molar-refractivity contribution in [2.75, 3.05) is 4.90 Å². The number of nitrogens with zero attached hydrogens (tertiary/aromatic N) is 1. The van der Waals surface area contributed by atoms with Crippen LogP contribution in [0.1, 0.15) is 11.1 Å². The summed E-state index contributed by atoms with van der Waals surface area (Å²) in [4.78, 5) is 38.0. The third-order valence-corrected chi connectivity index (χ3v) is 4.85. The highest BCUT2D eigenvalue weighted by Crippen LogP contribution is 2.27. The average molecular weight is 420 g/mol. The summed E-state index contributed by atoms with van der Waals surface area (Å²) in [6.07, 6.45) is 1.44. The number of carbonyl (C=O) groups excluding carboxylic acids is 3. The minimum absolute atomic E-state index is 0.136. The fraction of sp³-hybridized carbons (Fsp3) is 0.0556. The maximum absolute atomic E-state index is 12.8. The van der Waals surface area contributed by atoms with Gasteiger partial charge in [0, 0.05) is 9.50 Å². The summed E-state index contributed by atoms with van der Waals surface area (Å²) in [7, 11) is 0. The van der Waals surface area contributed by atoms with Crippen molar-refractivity contribution >= 4 is 57.1 Å². The van der Waals surface area contributed by atoms with E-state index in [0.29, 0.717) is 16.3 Å². The molecule has 0 bridgehead atoms. The third-order valence-electron chi connectivity index (χ3n) is 3.72. The van der Waals surface area contributed by atoms with Gasteiger partial charge in [-0.1, -0.05) is 51.8 Å². The van der Waals surface area contributed by atoms with Crippen LogP contribution in [0.5, 0.6) is 0 Å². The highest BCUT2D eigenvalue weighted by atomic mass is 79.9. The summed E-state index contributed by atoms with van der Waals surface area (Å²) < 4.78 is 0.727. The summed E-state index contributed by atoms with van der Waals surface area (Å²) >= 11 is 9.45. The van der Waals surface area contributed by atoms with Crippen LogP contribution in [-0.2, 0) is 9.59 Å². The van der Waals surface area contributed by atoms with Gasteiger partial charge in [0.2, 0.25) is 0 Å². The standard InChI is InChI=1S/C18H12BrClN2O3/c1-10-6-7-12(9-15(10)20)22-17(24)13(16(23)21-18(22)25)8-11-4-2-3-5-14(11)19/h2-9H,1H3,(H,21,23,25)/b13-8-. The molecule has 126 valence electrons. The molecule has 0 radical (unpaired) electrons. The Kier molecular flexibility index (Phi) is 4.74. The maximum Gasteiger partial charge on any atom is 0.335 e. The van der Waals surface area contributed by atoms with Crippen LogP contribution in [0.2, 0.25) is 5.02 Å². The largest absolute Gasteiger partial charge is 0.335 e. The molecule has 7 heteroatoms. The Balaban J connectivity index is 2.05. The van der Waals surface area contributed by atoms with Crippen molar-refractivity contribution in [2.24, 2.45) is 0 Å². The second-order valence-electron chi connectivity index (χ2n) is 5.41. The molecule has 1 saturated heterocycles. The average Bonchev–Trinajstić information content (AvgIpc) is 2.56. The number of halogens is 2. The first kappa shape index (κ1) is 17.4. The van der Waals surface area contributed by atoms with Gasteiger partial charge in [-0.05, 0) is 42.3 Å². The lowest BCUT2D eigenvalue weighted by atomic mass is 10.1. The molecule has 5 nitrogen and oxygen atoms in total. The lowest BCUT2D eigenvalue weighted by Gasteiger charge is -2.26. The topological polar surface area (TPSA) is 66.5 Å². The van der Waals surface area contributed by atoms with E-state index in [2.05, 4.69) is 21.2 Å². The van der Waals surface area contributed by atoms with Gasteiger partial charge < -0.3 is 0 Å². The van der Waals surface area contributed by atoms with Crippen LogP contribution in [0.4, 0.5) is 10.5 Å². The van der Waals surface area contributed by atoms with Crippen molar-refractivity contribution in [3.8, 4) is 0 Å². The van der Waals surface area contributed by atoms with Crippen LogP contribution < -0.4 is 10.2 Å². The molecule has 0 spiro atoms. The number of barbiturate groups is 1. The van der Waals surface area contributed by atoms with Crippen molar-refractivity contribution in [2.45, 2.75) is 6.92 Å². The first-order valence-electron chi connectivity index (χ1n) is 7.30. The molecule has 2 aromatic rings. The first-order chi connectivity index (χ1) is 11.9. The summed E-state index contributed by atoms with van der Waals surface area (Å²) in [5.74, 6) is -1.44. The number of anilines is 1. The summed E-state index contributed by atoms with van der Waals surface area (Å²) in [5.41, 5.74) is 1.62. The van der Waals surface area contributed by atoms with E-state index >= 15 is 0 Å². The molecule has 1 fully saturated rings. The van der Waals surface area contributed by atoms with Gasteiger partial charge in [0.25, 0.3) is 11.8 Å². The van der Waals surface area contributed by atoms with E-state index < -0.39 is 17.8 Å². The van der Waals surface area contributed by atoms with Crippen LogP contribution in [0.25, 0.3) is 6.08 Å². The number of aryl methyl sites for hydroxylation is 1. The quantitative estimate of drug-likeness (QED) is 0.589. The number of amides is 4. The maximum atomic E-state index is 12.8. The predicted octanol–water partition coefficient (Wildman–Crippen LogP) is 4.08. The predicted molar refractivity (Wildman–Crippen MR) is 99.3 cm³/mol. The second kappa shape index (κ2) is 6.82. The fourth-order valence-corrected chi connectivity index (χ4v) is 2.93. The molecule has 0 aliphatic carbocycles. The van der Waals surface area contributed by atoms with Crippen molar-refractivity contribution < 1.29 is 14.4 Å². The summed E-state index contributed by atoms with van der Waals surface area (Å²) in [6.45, 7) is 1.81. The Morgan fingerprint density at radius 1 is 1.12 bits per heavy atom. The Bertz CT molecular complexity index is 940. The number of urea groups is 1. The number of rotatable bonds is 2. The molecule has 1 N–H and O–H groups in total. The van der Waals surface area contributed by atoms with Gasteiger partial charge >= 0.3 is 6.03 Å². The van der Waals surface area contributed by atoms with E-state index in [1.165, 1.54) is 12.1 Å². The molecule has 1 aliphatic heterocycles. The molecule has 0 unspecified atom stereocenters. The first-order valence-corrected chi connectivity index (χ1v) is 8.47. The van der Waals surface area contributed by atoms with E-state index in [9.17, 15) is 14.4 Å². The number of hydrogen-bond acceptors (Lipinski definition) is 3. The molecule has 0 atom stereocenters. The van der Waals surface area contributed by atoms with Crippen molar-refractivity contribution in [1.29, 1.82) is 0 Å². The molecule has 1 aliphatic rings. The van der Waals surface area contributed by atoms with Gasteiger partial charge in [-0.2, -0.15) is 0 Å². The van der Waals surface area contributed by atoms with Gasteiger partial charge in [0.1, 0.15) is 5.57 Å². The van der Waals surface area contributed by atoms with E-state index in [4.69, 9.17) is 11.6 Å². The van der Waals surface area contributed by atoms with Gasteiger partial charge in [-0.15, -0.1) is 0 Å². The molecule has 0 aromatic heterocycles. The zero-order valence-corrected chi connectivity index (χ0v) is 15.4. The summed E-state index contributed by atoms with van der Waals surface area (Å²) in [5, 5.41) is 2.61. The molecule has 4 amide bonds. The minimum Gasteiger partial charge on any atom is -0.273 e. The highest BCUT2D eigenvalue weighted by molar-refractivity contribution is 9.10. The van der Waals surface area contributed by atoms with Gasteiger partial charge in [-0.3, -0.25) is 14.9 Å². The van der Waals surface area contributed by atoms with Gasteiger partial charge in [0.15, 0.2) is 0 Å². The molecule has 3 rings (SSSR count). The van der Waals surface area contributed by atoms with Crippen molar-refractivity contribution in [1.82, 2.24) is 5.32 Å². The molecular weight excluding hydrogens is 408 g/mol. The van der Waals surface area contributed by atoms with Crippen LogP contribution in [-0.4, -0.2) is 17.8 Å². The van der Waals surface area contributed by atoms with Crippen molar-refractivity contribution in [3.63, 3.8) is 0 Å². The Morgan fingerprint density at radius 3 is 2.52 bits per heavy atom. The Hall–Kier alpha value is -2.44. The summed E-state index contributed by atoms with van der Waals surface area (Å²) in [6, 6.07) is 11.2. The van der Waals surface area contributed by atoms with E-state index in [0.717, 1.165) is 14.9 Å². The van der Waals surface area contributed by atoms with Crippen LogP contribution in [0, 0.1) is 6.92 Å². The molecule has 2 aromatic carbocycles. The number of carbonyl (C=O) groups is 3. The number of hydrogen-bond donors (Lipinski definition) is 1. The molecule has 0 saturated carbocycles. The van der Waals surface area contributed by atoms with E-state index in [1.54, 1.807) is 30.3 Å². The smallest absolute Gasteiger partial charge is 0.273 e. The van der Waals surface area contributed by atoms with E-state index in [1.807, 2.05) is 13.0 Å². The normalized spacial score (nSPS) is 16.4. The van der Waals surface area contributed by atoms with Crippen LogP contribution in [0.15, 0.2) is 52.5 Å². The van der Waals surface area contributed by atoms with Crippen LogP contribution >= 0.6 is 27.5 Å². The third kappa shape index (κ3) is 3.36. The van der Waals surface area contributed by atoms with E-state index in [-0.39, 0.29) is 5.57 Å². The molecular formula is C18H12BrClN2O3. The lowest BCUT2D eigenvalue weighted by Crippen LogP contribution is -2.54. The monoisotopic (exact) mass is 418 g/mol. The lowest BCUT2D eigenvalue weighted by molar-refractivity contribution is -0.122. The van der Waals surface area contributed by atoms with Gasteiger partial charge in [-0.25, -0.2) is 9.69 Å². The molecule has 25 heavy (non-hydrogen) atoms. The highest BCUT2D eigenvalue weighted by Gasteiger charge is 2.37. The number of benzene rings is 2. The SMILES string of the molecule is Cc1ccc(N2C(=O)NC(=O)/C(=C/c3ccccc3Br)C2=O)cc1Cl. The minimum atomic E-state index is -0.806. The second-order valence-corrected chi connectivity index (χ2v) is 6.67. The number of nitrogens with one attached hydrogen (secondary N) is 1. The van der Waals surface area contributed by atoms with Gasteiger partial charge in [0.05, 0.1) is 5.69 Å². The zero-order chi connectivity index (χ0) is 18.1. The Morgan fingerprint density at radius 2 is 1.84 bits per heavy atom. The Labute approximate surface area is 157 Å². The van der Waals surface area contributed by atoms with Crippen LogP contribution in [0.3, 0.4) is 0 Å². The zero-order valence-electron chi connectivity index (χ0n) is 13.0. The molecule has 1 heterocycles.